The lowest BCUT2D eigenvalue weighted by Gasteiger charge is -2.32. The smallest absolute Gasteiger partial charge is 0.264 e. The van der Waals surface area contributed by atoms with Gasteiger partial charge in [0.15, 0.2) is 11.5 Å². The van der Waals surface area contributed by atoms with Crippen molar-refractivity contribution in [2.75, 3.05) is 31.6 Å². The minimum Gasteiger partial charge on any atom is -0.493 e. The topological polar surface area (TPSA) is 105 Å². The van der Waals surface area contributed by atoms with Crippen LogP contribution in [0.15, 0.2) is 71.6 Å². The summed E-state index contributed by atoms with van der Waals surface area (Å²) in [6.07, 6.45) is 0.673. The molecule has 41 heavy (non-hydrogen) atoms. The number of halogens is 2. The van der Waals surface area contributed by atoms with Gasteiger partial charge in [0.25, 0.3) is 10.0 Å². The summed E-state index contributed by atoms with van der Waals surface area (Å²) in [6.45, 7) is 2.99. The maximum absolute atomic E-state index is 13.9. The number of nitrogens with zero attached hydrogens (tertiary/aromatic N) is 2. The zero-order valence-electron chi connectivity index (χ0n) is 23.3. The van der Waals surface area contributed by atoms with Gasteiger partial charge in [0.05, 0.1) is 24.8 Å². The highest BCUT2D eigenvalue weighted by atomic mass is 32.2. The van der Waals surface area contributed by atoms with Crippen molar-refractivity contribution in [3.8, 4) is 11.5 Å². The van der Waals surface area contributed by atoms with Gasteiger partial charge >= 0.3 is 0 Å². The molecule has 0 saturated heterocycles. The summed E-state index contributed by atoms with van der Waals surface area (Å²) >= 11 is 0. The monoisotopic (exact) mass is 589 g/mol. The Bertz CT molecular complexity index is 1450. The van der Waals surface area contributed by atoms with E-state index in [0.29, 0.717) is 24.3 Å². The van der Waals surface area contributed by atoms with Gasteiger partial charge in [-0.2, -0.15) is 0 Å². The number of carbonyl (C=O) groups excluding carboxylic acids is 2. The molecule has 12 heteroatoms. The van der Waals surface area contributed by atoms with Gasteiger partial charge in [0.1, 0.15) is 24.2 Å². The average Bonchev–Trinajstić information content (AvgIpc) is 2.97. The minimum atomic E-state index is -4.41. The van der Waals surface area contributed by atoms with Crippen LogP contribution < -0.4 is 19.1 Å². The van der Waals surface area contributed by atoms with E-state index in [1.54, 1.807) is 0 Å². The molecule has 0 heterocycles. The number of hydrogen-bond donors (Lipinski definition) is 1. The summed E-state index contributed by atoms with van der Waals surface area (Å²) in [7, 11) is -1.65. The number of hydrogen-bond acceptors (Lipinski definition) is 6. The molecule has 0 radical (unpaired) electrons. The second-order valence-corrected chi connectivity index (χ2v) is 11.0. The Kier molecular flexibility index (Phi) is 10.6. The molecule has 0 aromatic heterocycles. The molecule has 0 unspecified atom stereocenters. The molecule has 3 rings (SSSR count). The fourth-order valence-electron chi connectivity index (χ4n) is 4.01. The first-order valence-corrected chi connectivity index (χ1v) is 14.3. The third-order valence-corrected chi connectivity index (χ3v) is 8.09. The number of anilines is 1. The number of ether oxygens (including phenoxy) is 2. The molecule has 220 valence electrons. The number of carbonyl (C=O) groups is 2. The van der Waals surface area contributed by atoms with Gasteiger partial charge < -0.3 is 19.7 Å². The summed E-state index contributed by atoms with van der Waals surface area (Å²) in [5.74, 6) is -1.75. The van der Waals surface area contributed by atoms with Crippen molar-refractivity contribution in [1.82, 2.24) is 10.2 Å². The first-order chi connectivity index (χ1) is 19.5. The Morgan fingerprint density at radius 1 is 0.902 bits per heavy atom. The van der Waals surface area contributed by atoms with Crippen LogP contribution in [0.3, 0.4) is 0 Å². The van der Waals surface area contributed by atoms with Crippen molar-refractivity contribution in [3.63, 3.8) is 0 Å². The van der Waals surface area contributed by atoms with Crippen LogP contribution >= 0.6 is 0 Å². The Hall–Kier alpha value is -4.19. The first kappa shape index (κ1) is 31.3. The lowest BCUT2D eigenvalue weighted by molar-refractivity contribution is -0.139. The van der Waals surface area contributed by atoms with Crippen LogP contribution in [-0.2, 0) is 26.2 Å². The van der Waals surface area contributed by atoms with E-state index in [1.165, 1.54) is 80.6 Å². The highest BCUT2D eigenvalue weighted by molar-refractivity contribution is 7.92. The third kappa shape index (κ3) is 7.72. The molecule has 0 aliphatic rings. The van der Waals surface area contributed by atoms with Crippen molar-refractivity contribution in [3.05, 3.63) is 83.9 Å². The number of benzene rings is 3. The van der Waals surface area contributed by atoms with E-state index in [0.717, 1.165) is 16.4 Å². The van der Waals surface area contributed by atoms with Crippen molar-refractivity contribution in [1.29, 1.82) is 0 Å². The van der Waals surface area contributed by atoms with E-state index in [2.05, 4.69) is 5.32 Å². The van der Waals surface area contributed by atoms with Crippen molar-refractivity contribution in [2.45, 2.75) is 37.8 Å². The molecular weight excluding hydrogens is 556 g/mol. The average molecular weight is 590 g/mol. The molecule has 9 nitrogen and oxygen atoms in total. The molecule has 0 bridgehead atoms. The summed E-state index contributed by atoms with van der Waals surface area (Å²) in [5.41, 5.74) is 0.560. The second kappa shape index (κ2) is 13.9. The van der Waals surface area contributed by atoms with E-state index < -0.39 is 46.1 Å². The van der Waals surface area contributed by atoms with Crippen molar-refractivity contribution < 1.29 is 36.3 Å². The number of nitrogens with one attached hydrogen (secondary N) is 1. The second-order valence-electron chi connectivity index (χ2n) is 9.12. The van der Waals surface area contributed by atoms with Crippen LogP contribution in [0.4, 0.5) is 14.5 Å². The van der Waals surface area contributed by atoms with Crippen LogP contribution in [0.2, 0.25) is 0 Å². The van der Waals surface area contributed by atoms with E-state index in [9.17, 15) is 26.8 Å². The maximum atomic E-state index is 13.9. The van der Waals surface area contributed by atoms with Crippen LogP contribution in [0.5, 0.6) is 11.5 Å². The van der Waals surface area contributed by atoms with Crippen LogP contribution in [-0.4, -0.2) is 58.5 Å². The van der Waals surface area contributed by atoms with Gasteiger partial charge in [-0.05, 0) is 67.4 Å². The van der Waals surface area contributed by atoms with E-state index >= 15 is 0 Å². The zero-order valence-corrected chi connectivity index (χ0v) is 24.1. The van der Waals surface area contributed by atoms with Crippen LogP contribution in [0.25, 0.3) is 0 Å². The molecule has 0 spiro atoms. The molecule has 1 N–H and O–H groups in total. The summed E-state index contributed by atoms with van der Waals surface area (Å²) < 4.78 is 66.4. The SMILES string of the molecule is CCCNC(=O)[C@@H](C)N(Cc1ccc(F)cc1)C(=O)CN(c1ccc(F)cc1)S(=O)(=O)c1ccc(OC)c(OC)c1. The Morgan fingerprint density at radius 2 is 1.49 bits per heavy atom. The largest absolute Gasteiger partial charge is 0.493 e. The lowest BCUT2D eigenvalue weighted by atomic mass is 10.1. The van der Waals surface area contributed by atoms with Crippen molar-refractivity contribution >= 4 is 27.5 Å². The summed E-state index contributed by atoms with van der Waals surface area (Å²) in [5, 5.41) is 2.74. The van der Waals surface area contributed by atoms with Crippen molar-refractivity contribution in [2.24, 2.45) is 0 Å². The normalized spacial score (nSPS) is 11.9. The summed E-state index contributed by atoms with van der Waals surface area (Å²) in [6, 6.07) is 13.0. The van der Waals surface area contributed by atoms with E-state index in [4.69, 9.17) is 9.47 Å². The number of methoxy groups -OCH3 is 2. The lowest BCUT2D eigenvalue weighted by Crippen LogP contribution is -2.51. The quantitative estimate of drug-likeness (QED) is 0.322. The molecule has 3 aromatic carbocycles. The number of amides is 2. The molecule has 0 fully saturated rings. The molecule has 3 aromatic rings. The van der Waals surface area contributed by atoms with E-state index in [-0.39, 0.29) is 22.9 Å². The standard InChI is InChI=1S/C29H33F2N3O6S/c1-5-16-32-29(36)20(2)33(18-21-6-8-22(30)9-7-21)28(35)19-34(24-12-10-23(31)11-13-24)41(37,38)25-14-15-26(39-3)27(17-25)40-4/h6-15,17,20H,5,16,18-19H2,1-4H3,(H,32,36)/t20-/m1/s1. The predicted octanol–water partition coefficient (Wildman–Crippen LogP) is 4.12. The van der Waals surface area contributed by atoms with Gasteiger partial charge in [-0.3, -0.25) is 13.9 Å². The Labute approximate surface area is 238 Å². The van der Waals surface area contributed by atoms with Gasteiger partial charge in [-0.1, -0.05) is 19.1 Å². The van der Waals surface area contributed by atoms with Gasteiger partial charge in [-0.15, -0.1) is 0 Å². The fraction of sp³-hybridized carbons (Fsp3) is 0.310. The Balaban J connectivity index is 2.05. The van der Waals surface area contributed by atoms with E-state index in [1.807, 2.05) is 6.92 Å². The zero-order chi connectivity index (χ0) is 30.2. The molecule has 0 aliphatic carbocycles. The highest BCUT2D eigenvalue weighted by Crippen LogP contribution is 2.32. The highest BCUT2D eigenvalue weighted by Gasteiger charge is 2.33. The van der Waals surface area contributed by atoms with Gasteiger partial charge in [0, 0.05) is 19.2 Å². The number of rotatable bonds is 13. The molecule has 0 saturated carbocycles. The molecule has 2 amide bonds. The molecular formula is C29H33F2N3O6S. The summed E-state index contributed by atoms with van der Waals surface area (Å²) in [4.78, 5) is 27.7. The Morgan fingerprint density at radius 3 is 2.05 bits per heavy atom. The fourth-order valence-corrected chi connectivity index (χ4v) is 5.44. The first-order valence-electron chi connectivity index (χ1n) is 12.8. The predicted molar refractivity (Wildman–Crippen MR) is 150 cm³/mol. The third-order valence-electron chi connectivity index (χ3n) is 6.32. The molecule has 1 atom stereocenters. The van der Waals surface area contributed by atoms with Gasteiger partial charge in [-0.25, -0.2) is 17.2 Å². The van der Waals surface area contributed by atoms with Crippen LogP contribution in [0.1, 0.15) is 25.8 Å². The van der Waals surface area contributed by atoms with Gasteiger partial charge in [0.2, 0.25) is 11.8 Å². The van der Waals surface area contributed by atoms with Crippen LogP contribution in [0, 0.1) is 11.6 Å². The minimum absolute atomic E-state index is 0.0272. The number of sulfonamides is 1. The maximum Gasteiger partial charge on any atom is 0.264 e. The molecule has 0 aliphatic heterocycles.